The standard InChI is InChI=1S/C20H11Cl2F3N4O/c1-8-11(18-26-13-4-5-15(21)28-19(13)29-18)6-9(23)7-14(8)27-20(30)10-2-3-12(24)17(25)16(10)22/h2-7H,1H3,(H,27,30)(H,26,28,29). The largest absolute Gasteiger partial charge is 0.337 e. The van der Waals surface area contributed by atoms with Crippen molar-refractivity contribution in [2.24, 2.45) is 0 Å². The van der Waals surface area contributed by atoms with Crippen LogP contribution >= 0.6 is 23.2 Å². The number of benzene rings is 2. The first-order valence-electron chi connectivity index (χ1n) is 8.52. The first-order valence-corrected chi connectivity index (χ1v) is 9.28. The number of pyridine rings is 1. The van der Waals surface area contributed by atoms with Crippen LogP contribution in [0.1, 0.15) is 15.9 Å². The first kappa shape index (κ1) is 20.2. The van der Waals surface area contributed by atoms with Crippen molar-refractivity contribution in [3.05, 3.63) is 75.2 Å². The molecule has 2 aromatic carbocycles. The predicted molar refractivity (Wildman–Crippen MR) is 108 cm³/mol. The van der Waals surface area contributed by atoms with Crippen molar-refractivity contribution in [3.8, 4) is 11.4 Å². The monoisotopic (exact) mass is 450 g/mol. The van der Waals surface area contributed by atoms with Crippen LogP contribution in [0.15, 0.2) is 36.4 Å². The molecule has 0 bridgehead atoms. The van der Waals surface area contributed by atoms with Crippen molar-refractivity contribution in [3.63, 3.8) is 0 Å². The average molecular weight is 451 g/mol. The number of hydrogen-bond donors (Lipinski definition) is 2. The fourth-order valence-electron chi connectivity index (χ4n) is 2.94. The molecule has 0 saturated heterocycles. The van der Waals surface area contributed by atoms with E-state index >= 15 is 0 Å². The summed E-state index contributed by atoms with van der Waals surface area (Å²) in [4.78, 5) is 24.0. The Hall–Kier alpha value is -3.10. The van der Waals surface area contributed by atoms with Crippen LogP contribution in [0.5, 0.6) is 0 Å². The molecule has 0 atom stereocenters. The summed E-state index contributed by atoms with van der Waals surface area (Å²) in [6.07, 6.45) is 0. The van der Waals surface area contributed by atoms with E-state index in [-0.39, 0.29) is 16.4 Å². The van der Waals surface area contributed by atoms with Crippen LogP contribution in [0.2, 0.25) is 10.2 Å². The molecule has 0 unspecified atom stereocenters. The van der Waals surface area contributed by atoms with Gasteiger partial charge in [0.15, 0.2) is 17.3 Å². The van der Waals surface area contributed by atoms with E-state index in [1.165, 1.54) is 6.07 Å². The molecule has 0 spiro atoms. The van der Waals surface area contributed by atoms with Gasteiger partial charge in [-0.1, -0.05) is 23.2 Å². The highest BCUT2D eigenvalue weighted by Crippen LogP contribution is 2.31. The number of rotatable bonds is 3. The number of anilines is 1. The van der Waals surface area contributed by atoms with Crippen molar-refractivity contribution in [2.75, 3.05) is 5.32 Å². The van der Waals surface area contributed by atoms with Crippen molar-refractivity contribution in [1.82, 2.24) is 15.0 Å². The second-order valence-corrected chi connectivity index (χ2v) is 7.16. The summed E-state index contributed by atoms with van der Waals surface area (Å²) in [6, 6.07) is 7.44. The Morgan fingerprint density at radius 3 is 2.60 bits per heavy atom. The third kappa shape index (κ3) is 3.59. The van der Waals surface area contributed by atoms with Gasteiger partial charge in [0.25, 0.3) is 5.91 Å². The highest BCUT2D eigenvalue weighted by molar-refractivity contribution is 6.34. The topological polar surface area (TPSA) is 70.7 Å². The molecule has 2 heterocycles. The molecule has 0 saturated carbocycles. The Kier molecular flexibility index (Phi) is 5.13. The normalized spacial score (nSPS) is 11.1. The van der Waals surface area contributed by atoms with Crippen LogP contribution in [0.3, 0.4) is 0 Å². The van der Waals surface area contributed by atoms with E-state index in [4.69, 9.17) is 23.2 Å². The zero-order chi connectivity index (χ0) is 21.6. The summed E-state index contributed by atoms with van der Waals surface area (Å²) in [5.41, 5.74) is 1.62. The summed E-state index contributed by atoms with van der Waals surface area (Å²) in [5, 5.41) is 2.07. The smallest absolute Gasteiger partial charge is 0.257 e. The SMILES string of the molecule is Cc1c(NC(=O)c2ccc(F)c(F)c2Cl)cc(F)cc1-c1nc2nc(Cl)ccc2[nH]1. The summed E-state index contributed by atoms with van der Waals surface area (Å²) in [7, 11) is 0. The molecule has 5 nitrogen and oxygen atoms in total. The molecular weight excluding hydrogens is 440 g/mol. The van der Waals surface area contributed by atoms with Gasteiger partial charge in [-0.25, -0.2) is 23.1 Å². The number of aromatic nitrogens is 3. The van der Waals surface area contributed by atoms with Gasteiger partial charge in [0.05, 0.1) is 16.1 Å². The van der Waals surface area contributed by atoms with E-state index in [2.05, 4.69) is 20.3 Å². The summed E-state index contributed by atoms with van der Waals surface area (Å²) in [6.45, 7) is 1.64. The van der Waals surface area contributed by atoms with E-state index in [0.717, 1.165) is 18.2 Å². The van der Waals surface area contributed by atoms with E-state index in [9.17, 15) is 18.0 Å². The summed E-state index contributed by atoms with van der Waals surface area (Å²) in [5.74, 6) is -3.67. The molecule has 1 amide bonds. The number of carbonyl (C=O) groups excluding carboxylic acids is 1. The molecule has 0 aliphatic rings. The quantitative estimate of drug-likeness (QED) is 0.301. The predicted octanol–water partition coefficient (Wildman–Crippen LogP) is 5.91. The number of hydrogen-bond acceptors (Lipinski definition) is 3. The molecule has 0 radical (unpaired) electrons. The first-order chi connectivity index (χ1) is 14.2. The Labute approximate surface area is 177 Å². The third-order valence-corrected chi connectivity index (χ3v) is 5.05. The number of nitrogens with one attached hydrogen (secondary N) is 2. The summed E-state index contributed by atoms with van der Waals surface area (Å²) < 4.78 is 41.2. The molecule has 0 aliphatic heterocycles. The van der Waals surface area contributed by atoms with Gasteiger partial charge in [-0.15, -0.1) is 0 Å². The van der Waals surface area contributed by atoms with E-state index in [1.807, 2.05) is 0 Å². The van der Waals surface area contributed by atoms with Crippen molar-refractivity contribution >= 4 is 46.0 Å². The fraction of sp³-hybridized carbons (Fsp3) is 0.0500. The molecule has 0 aliphatic carbocycles. The maximum Gasteiger partial charge on any atom is 0.257 e. The van der Waals surface area contributed by atoms with Crippen molar-refractivity contribution in [1.29, 1.82) is 0 Å². The van der Waals surface area contributed by atoms with E-state index < -0.39 is 28.4 Å². The number of H-pyrrole nitrogens is 1. The lowest BCUT2D eigenvalue weighted by Gasteiger charge is -2.13. The summed E-state index contributed by atoms with van der Waals surface area (Å²) >= 11 is 11.6. The molecule has 2 aromatic heterocycles. The second-order valence-electron chi connectivity index (χ2n) is 6.39. The molecule has 30 heavy (non-hydrogen) atoms. The Bertz CT molecular complexity index is 1320. The second kappa shape index (κ2) is 7.62. The third-order valence-electron chi connectivity index (χ3n) is 4.47. The maximum absolute atomic E-state index is 14.3. The zero-order valence-electron chi connectivity index (χ0n) is 15.2. The van der Waals surface area contributed by atoms with Crippen LogP contribution in [-0.2, 0) is 0 Å². The average Bonchev–Trinajstić information content (AvgIpc) is 3.11. The molecule has 4 aromatic rings. The number of fused-ring (bicyclic) bond motifs is 1. The molecule has 152 valence electrons. The number of aromatic amines is 1. The van der Waals surface area contributed by atoms with Gasteiger partial charge in [0.1, 0.15) is 16.8 Å². The Morgan fingerprint density at radius 1 is 1.07 bits per heavy atom. The molecule has 4 rings (SSSR count). The van der Waals surface area contributed by atoms with Crippen molar-refractivity contribution < 1.29 is 18.0 Å². The van der Waals surface area contributed by atoms with Crippen LogP contribution in [0.25, 0.3) is 22.6 Å². The highest BCUT2D eigenvalue weighted by atomic mass is 35.5. The Balaban J connectivity index is 1.74. The van der Waals surface area contributed by atoms with Gasteiger partial charge in [-0.2, -0.15) is 0 Å². The van der Waals surface area contributed by atoms with Gasteiger partial charge in [0, 0.05) is 11.3 Å². The molecular formula is C20H11Cl2F3N4O. The van der Waals surface area contributed by atoms with Crippen LogP contribution in [0, 0.1) is 24.4 Å². The highest BCUT2D eigenvalue weighted by Gasteiger charge is 2.20. The van der Waals surface area contributed by atoms with Gasteiger partial charge in [-0.05, 0) is 48.9 Å². The van der Waals surface area contributed by atoms with Crippen molar-refractivity contribution in [2.45, 2.75) is 6.92 Å². The number of halogens is 5. The zero-order valence-corrected chi connectivity index (χ0v) is 16.7. The van der Waals surface area contributed by atoms with E-state index in [0.29, 0.717) is 28.1 Å². The minimum absolute atomic E-state index is 0.113. The molecule has 10 heteroatoms. The number of imidazole rings is 1. The molecule has 0 fully saturated rings. The number of carbonyl (C=O) groups is 1. The van der Waals surface area contributed by atoms with Crippen LogP contribution in [0.4, 0.5) is 18.9 Å². The minimum atomic E-state index is -1.34. The maximum atomic E-state index is 14.3. The van der Waals surface area contributed by atoms with E-state index in [1.54, 1.807) is 19.1 Å². The van der Waals surface area contributed by atoms with Gasteiger partial charge >= 0.3 is 0 Å². The lowest BCUT2D eigenvalue weighted by molar-refractivity contribution is 0.102. The number of amides is 1. The van der Waals surface area contributed by atoms with Crippen LogP contribution in [-0.4, -0.2) is 20.9 Å². The lowest BCUT2D eigenvalue weighted by Crippen LogP contribution is -2.15. The van der Waals surface area contributed by atoms with Gasteiger partial charge in [-0.3, -0.25) is 4.79 Å². The lowest BCUT2D eigenvalue weighted by atomic mass is 10.1. The van der Waals surface area contributed by atoms with Gasteiger partial charge in [0.2, 0.25) is 0 Å². The van der Waals surface area contributed by atoms with Gasteiger partial charge < -0.3 is 10.3 Å². The Morgan fingerprint density at radius 2 is 1.83 bits per heavy atom. The number of nitrogens with zero attached hydrogens (tertiary/aromatic N) is 2. The fourth-order valence-corrected chi connectivity index (χ4v) is 3.32. The minimum Gasteiger partial charge on any atom is -0.337 e. The molecule has 2 N–H and O–H groups in total. The van der Waals surface area contributed by atoms with Crippen LogP contribution < -0.4 is 5.32 Å².